The number of hydrogen-bond acceptors (Lipinski definition) is 4. The molecule has 0 saturated carbocycles. The third-order valence-electron chi connectivity index (χ3n) is 3.03. The van der Waals surface area contributed by atoms with Gasteiger partial charge in [-0.3, -0.25) is 0 Å². The van der Waals surface area contributed by atoms with Crippen LogP contribution in [0, 0.1) is 11.2 Å². The van der Waals surface area contributed by atoms with Crippen LogP contribution in [0.1, 0.15) is 13.8 Å². The molecule has 0 amide bonds. The Morgan fingerprint density at radius 1 is 1.40 bits per heavy atom. The van der Waals surface area contributed by atoms with E-state index in [1.165, 1.54) is 30.6 Å². The third kappa shape index (κ3) is 3.68. The molecule has 0 spiro atoms. The van der Waals surface area contributed by atoms with Crippen LogP contribution in [0.3, 0.4) is 0 Å². The van der Waals surface area contributed by atoms with Gasteiger partial charge < -0.3 is 10.5 Å². The van der Waals surface area contributed by atoms with Gasteiger partial charge in [-0.05, 0) is 30.2 Å². The quantitative estimate of drug-likeness (QED) is 0.863. The molecule has 0 saturated heterocycles. The summed E-state index contributed by atoms with van der Waals surface area (Å²) < 4.78 is 44.3. The molecule has 0 aliphatic heterocycles. The number of methoxy groups -OCH3 is 1. The van der Waals surface area contributed by atoms with E-state index in [-0.39, 0.29) is 22.6 Å². The molecule has 1 aromatic carbocycles. The normalized spacial score (nSPS) is 12.8. The monoisotopic (exact) mass is 304 g/mol. The van der Waals surface area contributed by atoms with Gasteiger partial charge in [-0.1, -0.05) is 13.8 Å². The average Bonchev–Trinajstić information content (AvgIpc) is 2.38. The van der Waals surface area contributed by atoms with Crippen molar-refractivity contribution in [2.75, 3.05) is 27.2 Å². The lowest BCUT2D eigenvalue weighted by molar-refractivity contribution is 0.292. The molecule has 0 unspecified atom stereocenters. The predicted molar refractivity (Wildman–Crippen MR) is 75.6 cm³/mol. The first-order valence-corrected chi connectivity index (χ1v) is 7.58. The van der Waals surface area contributed by atoms with Crippen molar-refractivity contribution >= 4 is 10.0 Å². The standard InChI is InChI=1S/C13H21FN2O3S/c1-13(2,8-15)9-16(3)20(17,18)10-5-6-12(19-4)11(14)7-10/h5-7H,8-9,15H2,1-4H3. The maximum atomic E-state index is 13.6. The molecule has 1 rings (SSSR count). The molecule has 7 heteroatoms. The summed E-state index contributed by atoms with van der Waals surface area (Å²) in [6, 6.07) is 3.58. The van der Waals surface area contributed by atoms with Crippen molar-refractivity contribution in [3.63, 3.8) is 0 Å². The Balaban J connectivity index is 3.07. The Kier molecular flexibility index (Phi) is 5.12. The lowest BCUT2D eigenvalue weighted by Crippen LogP contribution is -2.39. The second-order valence-corrected chi connectivity index (χ2v) is 7.47. The molecular formula is C13H21FN2O3S. The molecule has 0 aliphatic carbocycles. The van der Waals surface area contributed by atoms with E-state index in [1.54, 1.807) is 0 Å². The minimum Gasteiger partial charge on any atom is -0.494 e. The highest BCUT2D eigenvalue weighted by molar-refractivity contribution is 7.89. The molecule has 0 fully saturated rings. The largest absolute Gasteiger partial charge is 0.494 e. The van der Waals surface area contributed by atoms with Gasteiger partial charge in [-0.2, -0.15) is 0 Å². The maximum absolute atomic E-state index is 13.6. The van der Waals surface area contributed by atoms with Crippen molar-refractivity contribution in [2.45, 2.75) is 18.7 Å². The molecule has 20 heavy (non-hydrogen) atoms. The van der Waals surface area contributed by atoms with Gasteiger partial charge in [0.2, 0.25) is 10.0 Å². The molecular weight excluding hydrogens is 283 g/mol. The number of nitrogens with two attached hydrogens (primary N) is 1. The van der Waals surface area contributed by atoms with Gasteiger partial charge in [-0.15, -0.1) is 0 Å². The molecule has 114 valence electrons. The first-order chi connectivity index (χ1) is 9.14. The number of nitrogens with zero attached hydrogens (tertiary/aromatic N) is 1. The molecule has 0 radical (unpaired) electrons. The van der Waals surface area contributed by atoms with Gasteiger partial charge in [0.1, 0.15) is 0 Å². The van der Waals surface area contributed by atoms with Gasteiger partial charge in [-0.25, -0.2) is 17.1 Å². The number of halogens is 1. The minimum atomic E-state index is -3.75. The van der Waals surface area contributed by atoms with E-state index in [0.29, 0.717) is 6.54 Å². The van der Waals surface area contributed by atoms with E-state index in [4.69, 9.17) is 10.5 Å². The molecule has 2 N–H and O–H groups in total. The molecule has 0 aliphatic rings. The molecule has 1 aromatic rings. The van der Waals surface area contributed by atoms with E-state index in [0.717, 1.165) is 6.07 Å². The summed E-state index contributed by atoms with van der Waals surface area (Å²) in [5.41, 5.74) is 5.25. The maximum Gasteiger partial charge on any atom is 0.242 e. The Hall–Kier alpha value is -1.18. The number of sulfonamides is 1. The zero-order valence-electron chi connectivity index (χ0n) is 12.2. The lowest BCUT2D eigenvalue weighted by atomic mass is 9.94. The SMILES string of the molecule is COc1ccc(S(=O)(=O)N(C)CC(C)(C)CN)cc1F. The van der Waals surface area contributed by atoms with Crippen molar-refractivity contribution < 1.29 is 17.5 Å². The van der Waals surface area contributed by atoms with E-state index in [9.17, 15) is 12.8 Å². The van der Waals surface area contributed by atoms with Crippen LogP contribution in [-0.4, -0.2) is 40.0 Å². The van der Waals surface area contributed by atoms with Crippen LogP contribution in [0.15, 0.2) is 23.1 Å². The first kappa shape index (κ1) is 16.9. The van der Waals surface area contributed by atoms with Gasteiger partial charge >= 0.3 is 0 Å². The lowest BCUT2D eigenvalue weighted by Gasteiger charge is -2.28. The third-order valence-corrected chi connectivity index (χ3v) is 4.83. The minimum absolute atomic E-state index is 0.00823. The number of benzene rings is 1. The average molecular weight is 304 g/mol. The van der Waals surface area contributed by atoms with Gasteiger partial charge in [0.25, 0.3) is 0 Å². The highest BCUT2D eigenvalue weighted by Gasteiger charge is 2.27. The predicted octanol–water partition coefficient (Wildman–Crippen LogP) is 1.44. The Morgan fingerprint density at radius 2 is 2.00 bits per heavy atom. The zero-order chi connectivity index (χ0) is 15.6. The van der Waals surface area contributed by atoms with Crippen molar-refractivity contribution in [3.8, 4) is 5.75 Å². The van der Waals surface area contributed by atoms with Crippen LogP contribution in [0.25, 0.3) is 0 Å². The van der Waals surface area contributed by atoms with Gasteiger partial charge in [0.05, 0.1) is 12.0 Å². The van der Waals surface area contributed by atoms with Crippen LogP contribution in [0.5, 0.6) is 5.75 Å². The number of hydrogen-bond donors (Lipinski definition) is 1. The van der Waals surface area contributed by atoms with E-state index < -0.39 is 15.8 Å². The second kappa shape index (κ2) is 6.07. The second-order valence-electron chi connectivity index (χ2n) is 5.43. The van der Waals surface area contributed by atoms with Crippen molar-refractivity contribution in [1.82, 2.24) is 4.31 Å². The summed E-state index contributed by atoms with van der Waals surface area (Å²) in [5, 5.41) is 0. The summed E-state index contributed by atoms with van der Waals surface area (Å²) in [5.74, 6) is -0.700. The Bertz CT molecular complexity index is 573. The molecule has 5 nitrogen and oxygen atoms in total. The highest BCUT2D eigenvalue weighted by Crippen LogP contribution is 2.24. The molecule has 0 aromatic heterocycles. The van der Waals surface area contributed by atoms with Gasteiger partial charge in [0.15, 0.2) is 11.6 Å². The fraction of sp³-hybridized carbons (Fsp3) is 0.538. The smallest absolute Gasteiger partial charge is 0.242 e. The summed E-state index contributed by atoms with van der Waals surface area (Å²) >= 11 is 0. The summed E-state index contributed by atoms with van der Waals surface area (Å²) in [4.78, 5) is -0.105. The Labute approximate surface area is 119 Å². The molecule has 0 atom stereocenters. The van der Waals surface area contributed by atoms with Crippen LogP contribution in [0.2, 0.25) is 0 Å². The fourth-order valence-corrected chi connectivity index (χ4v) is 3.11. The molecule has 0 bridgehead atoms. The summed E-state index contributed by atoms with van der Waals surface area (Å²) in [7, 11) is -0.972. The zero-order valence-corrected chi connectivity index (χ0v) is 13.0. The van der Waals surface area contributed by atoms with Gasteiger partial charge in [0, 0.05) is 13.6 Å². The highest BCUT2D eigenvalue weighted by atomic mass is 32.2. The van der Waals surface area contributed by atoms with Crippen LogP contribution >= 0.6 is 0 Å². The van der Waals surface area contributed by atoms with E-state index >= 15 is 0 Å². The van der Waals surface area contributed by atoms with E-state index in [2.05, 4.69) is 0 Å². The van der Waals surface area contributed by atoms with Crippen molar-refractivity contribution in [3.05, 3.63) is 24.0 Å². The van der Waals surface area contributed by atoms with Crippen LogP contribution in [0.4, 0.5) is 4.39 Å². The number of rotatable bonds is 6. The van der Waals surface area contributed by atoms with Crippen LogP contribution < -0.4 is 10.5 Å². The fourth-order valence-electron chi connectivity index (χ4n) is 1.74. The van der Waals surface area contributed by atoms with Crippen LogP contribution in [-0.2, 0) is 10.0 Å². The number of ether oxygens (including phenoxy) is 1. The Morgan fingerprint density at radius 3 is 2.45 bits per heavy atom. The van der Waals surface area contributed by atoms with Crippen molar-refractivity contribution in [1.29, 1.82) is 0 Å². The topological polar surface area (TPSA) is 72.6 Å². The van der Waals surface area contributed by atoms with Crippen molar-refractivity contribution in [2.24, 2.45) is 11.1 Å². The van der Waals surface area contributed by atoms with E-state index in [1.807, 2.05) is 13.8 Å². The first-order valence-electron chi connectivity index (χ1n) is 6.14. The summed E-state index contributed by atoms with van der Waals surface area (Å²) in [6.45, 7) is 4.34. The summed E-state index contributed by atoms with van der Waals surface area (Å²) in [6.07, 6.45) is 0. The molecule has 0 heterocycles.